The largest absolute Gasteiger partial charge is 0.493 e. The summed E-state index contributed by atoms with van der Waals surface area (Å²) in [6.45, 7) is 0.442. The normalized spacial score (nSPS) is 10.4. The average molecular weight is 239 g/mol. The molecule has 5 heteroatoms. The highest BCUT2D eigenvalue weighted by molar-refractivity contribution is 6.18. The summed E-state index contributed by atoms with van der Waals surface area (Å²) in [5.74, 6) is 1.74. The topological polar surface area (TPSA) is 44.2 Å². The fourth-order valence-corrected chi connectivity index (χ4v) is 1.49. The third kappa shape index (κ3) is 2.17. The molecule has 0 saturated heterocycles. The van der Waals surface area contributed by atoms with Gasteiger partial charge in [0.15, 0.2) is 11.5 Å². The van der Waals surface area contributed by atoms with E-state index in [9.17, 15) is 0 Å². The first kappa shape index (κ1) is 11.0. The first-order chi connectivity index (χ1) is 7.85. The molecular weight excluding hydrogens is 228 g/mol. The summed E-state index contributed by atoms with van der Waals surface area (Å²) in [5.41, 5.74) is 0.824. The van der Waals surface area contributed by atoms with Crippen LogP contribution in [0.5, 0.6) is 11.5 Å². The molecule has 0 spiro atoms. The third-order valence-electron chi connectivity index (χ3n) is 2.12. The van der Waals surface area contributed by atoms with E-state index in [1.165, 1.54) is 6.33 Å². The number of benzene rings is 1. The summed E-state index contributed by atoms with van der Waals surface area (Å²) in [5, 5.41) is 0.910. The number of alkyl halides is 1. The van der Waals surface area contributed by atoms with Crippen molar-refractivity contribution in [1.82, 2.24) is 9.97 Å². The van der Waals surface area contributed by atoms with Crippen LogP contribution in [0.2, 0.25) is 0 Å². The van der Waals surface area contributed by atoms with E-state index < -0.39 is 0 Å². The highest BCUT2D eigenvalue weighted by Gasteiger charge is 2.07. The van der Waals surface area contributed by atoms with Crippen molar-refractivity contribution in [3.05, 3.63) is 24.7 Å². The van der Waals surface area contributed by atoms with E-state index in [1.807, 2.05) is 12.1 Å². The molecule has 1 aromatic heterocycles. The predicted octanol–water partition coefficient (Wildman–Crippen LogP) is 2.26. The SMILES string of the molecule is COc1cc2ncncc2cc1OCCCl. The molecule has 0 atom stereocenters. The molecule has 0 saturated carbocycles. The second-order valence-electron chi connectivity index (χ2n) is 3.12. The molecule has 0 aliphatic carbocycles. The lowest BCUT2D eigenvalue weighted by Crippen LogP contribution is -2.00. The van der Waals surface area contributed by atoms with Crippen molar-refractivity contribution < 1.29 is 9.47 Å². The van der Waals surface area contributed by atoms with Crippen LogP contribution in [0.25, 0.3) is 10.9 Å². The van der Waals surface area contributed by atoms with E-state index in [1.54, 1.807) is 13.3 Å². The lowest BCUT2D eigenvalue weighted by Gasteiger charge is -2.10. The Bertz CT molecular complexity index is 490. The summed E-state index contributed by atoms with van der Waals surface area (Å²) in [7, 11) is 1.59. The second kappa shape index (κ2) is 4.99. The molecule has 1 aromatic carbocycles. The minimum atomic E-state index is 0.437. The van der Waals surface area contributed by atoms with Gasteiger partial charge in [-0.15, -0.1) is 11.6 Å². The van der Waals surface area contributed by atoms with Crippen molar-refractivity contribution in [3.8, 4) is 11.5 Å². The maximum absolute atomic E-state index is 5.57. The first-order valence-corrected chi connectivity index (χ1v) is 5.35. The van der Waals surface area contributed by atoms with Gasteiger partial charge in [0.1, 0.15) is 12.9 Å². The van der Waals surface area contributed by atoms with E-state index in [0.717, 1.165) is 10.9 Å². The molecule has 0 amide bonds. The molecule has 2 aromatic rings. The van der Waals surface area contributed by atoms with Gasteiger partial charge < -0.3 is 9.47 Å². The lowest BCUT2D eigenvalue weighted by molar-refractivity contribution is 0.313. The summed E-state index contributed by atoms with van der Waals surface area (Å²) in [4.78, 5) is 8.09. The maximum Gasteiger partial charge on any atom is 0.162 e. The number of aromatic nitrogens is 2. The third-order valence-corrected chi connectivity index (χ3v) is 2.28. The van der Waals surface area contributed by atoms with E-state index in [0.29, 0.717) is 24.0 Å². The van der Waals surface area contributed by atoms with Gasteiger partial charge in [-0.3, -0.25) is 0 Å². The second-order valence-corrected chi connectivity index (χ2v) is 3.50. The van der Waals surface area contributed by atoms with Crippen LogP contribution in [0.1, 0.15) is 0 Å². The smallest absolute Gasteiger partial charge is 0.162 e. The Balaban J connectivity index is 2.45. The quantitative estimate of drug-likeness (QED) is 0.767. The number of hydrogen-bond donors (Lipinski definition) is 0. The van der Waals surface area contributed by atoms with Gasteiger partial charge in [0.25, 0.3) is 0 Å². The monoisotopic (exact) mass is 238 g/mol. The highest BCUT2D eigenvalue weighted by atomic mass is 35.5. The van der Waals surface area contributed by atoms with E-state index in [4.69, 9.17) is 21.1 Å². The van der Waals surface area contributed by atoms with E-state index >= 15 is 0 Å². The molecule has 16 heavy (non-hydrogen) atoms. The van der Waals surface area contributed by atoms with Crippen LogP contribution in [0.4, 0.5) is 0 Å². The van der Waals surface area contributed by atoms with Gasteiger partial charge >= 0.3 is 0 Å². The zero-order valence-corrected chi connectivity index (χ0v) is 9.57. The molecule has 0 aliphatic heterocycles. The number of methoxy groups -OCH3 is 1. The van der Waals surface area contributed by atoms with Gasteiger partial charge in [0.2, 0.25) is 0 Å². The van der Waals surface area contributed by atoms with Crippen molar-refractivity contribution in [2.24, 2.45) is 0 Å². The Morgan fingerprint density at radius 3 is 2.94 bits per heavy atom. The van der Waals surface area contributed by atoms with E-state index in [-0.39, 0.29) is 0 Å². The van der Waals surface area contributed by atoms with Crippen molar-refractivity contribution >= 4 is 22.5 Å². The Morgan fingerprint density at radius 2 is 2.19 bits per heavy atom. The Kier molecular flexibility index (Phi) is 3.41. The Hall–Kier alpha value is -1.55. The van der Waals surface area contributed by atoms with Gasteiger partial charge in [-0.25, -0.2) is 9.97 Å². The molecule has 0 fully saturated rings. The molecular formula is C11H11ClN2O2. The van der Waals surface area contributed by atoms with Crippen LogP contribution in [-0.2, 0) is 0 Å². The standard InChI is InChI=1S/C11H11ClN2O2/c1-15-10-5-9-8(6-13-7-14-9)4-11(10)16-3-2-12/h4-7H,2-3H2,1H3. The predicted molar refractivity (Wildman–Crippen MR) is 62.3 cm³/mol. The minimum Gasteiger partial charge on any atom is -0.493 e. The molecule has 0 aliphatic rings. The number of nitrogens with zero attached hydrogens (tertiary/aromatic N) is 2. The molecule has 0 unspecified atom stereocenters. The molecule has 2 rings (SSSR count). The zero-order chi connectivity index (χ0) is 11.4. The van der Waals surface area contributed by atoms with Gasteiger partial charge in [-0.05, 0) is 6.07 Å². The summed E-state index contributed by atoms with van der Waals surface area (Å²) < 4.78 is 10.7. The highest BCUT2D eigenvalue weighted by Crippen LogP contribution is 2.31. The van der Waals surface area contributed by atoms with Gasteiger partial charge in [0, 0.05) is 17.6 Å². The Morgan fingerprint density at radius 1 is 1.31 bits per heavy atom. The van der Waals surface area contributed by atoms with Crippen molar-refractivity contribution in [3.63, 3.8) is 0 Å². The van der Waals surface area contributed by atoms with Crippen LogP contribution in [-0.4, -0.2) is 29.6 Å². The first-order valence-electron chi connectivity index (χ1n) is 4.81. The van der Waals surface area contributed by atoms with Crippen LogP contribution in [0.3, 0.4) is 0 Å². The summed E-state index contributed by atoms with van der Waals surface area (Å²) >= 11 is 5.57. The maximum atomic E-state index is 5.57. The number of rotatable bonds is 4. The molecule has 0 bridgehead atoms. The summed E-state index contributed by atoms with van der Waals surface area (Å²) in [6, 6.07) is 3.67. The Labute approximate surface area is 98.2 Å². The fraction of sp³-hybridized carbons (Fsp3) is 0.273. The number of ether oxygens (including phenoxy) is 2. The molecule has 0 N–H and O–H groups in total. The molecule has 0 radical (unpaired) electrons. The summed E-state index contributed by atoms with van der Waals surface area (Å²) in [6.07, 6.45) is 3.23. The number of hydrogen-bond acceptors (Lipinski definition) is 4. The van der Waals surface area contributed by atoms with Crippen molar-refractivity contribution in [2.75, 3.05) is 19.6 Å². The van der Waals surface area contributed by atoms with Crippen LogP contribution in [0, 0.1) is 0 Å². The molecule has 1 heterocycles. The average Bonchev–Trinajstić information content (AvgIpc) is 2.35. The molecule has 4 nitrogen and oxygen atoms in total. The van der Waals surface area contributed by atoms with Crippen LogP contribution >= 0.6 is 11.6 Å². The number of fused-ring (bicyclic) bond motifs is 1. The van der Waals surface area contributed by atoms with Gasteiger partial charge in [0.05, 0.1) is 18.5 Å². The van der Waals surface area contributed by atoms with Crippen molar-refractivity contribution in [1.29, 1.82) is 0 Å². The lowest BCUT2D eigenvalue weighted by atomic mass is 10.2. The van der Waals surface area contributed by atoms with Crippen LogP contribution < -0.4 is 9.47 Å². The van der Waals surface area contributed by atoms with Gasteiger partial charge in [-0.1, -0.05) is 0 Å². The van der Waals surface area contributed by atoms with E-state index in [2.05, 4.69) is 9.97 Å². The van der Waals surface area contributed by atoms with Crippen LogP contribution in [0.15, 0.2) is 24.7 Å². The number of halogens is 1. The van der Waals surface area contributed by atoms with Gasteiger partial charge in [-0.2, -0.15) is 0 Å². The molecule has 84 valence electrons. The zero-order valence-electron chi connectivity index (χ0n) is 8.81. The van der Waals surface area contributed by atoms with Crippen molar-refractivity contribution in [2.45, 2.75) is 0 Å². The minimum absolute atomic E-state index is 0.437. The fourth-order valence-electron chi connectivity index (χ4n) is 1.41.